The molecule has 102 valence electrons. The normalized spacial score (nSPS) is 21.2. The number of anilines is 1. The number of carbonyl (C=O) groups excluding carboxylic acids is 1. The number of ether oxygens (including phenoxy) is 1. The fourth-order valence-electron chi connectivity index (χ4n) is 2.46. The first-order valence-electron chi connectivity index (χ1n) is 6.74. The standard InChI is InChI=1S/C14H18N2O2S/c17-14(16-9-10-3-2-8-19-10)11-4-1-5-12-13(11)18-7-6-15-12/h1,4-5,10,15H,2-3,6-9H2,(H,16,17). The van der Waals surface area contributed by atoms with E-state index < -0.39 is 0 Å². The summed E-state index contributed by atoms with van der Waals surface area (Å²) >= 11 is 1.95. The van der Waals surface area contributed by atoms with Crippen molar-refractivity contribution in [3.05, 3.63) is 23.8 Å². The van der Waals surface area contributed by atoms with Crippen LogP contribution in [0.2, 0.25) is 0 Å². The number of para-hydroxylation sites is 1. The molecule has 1 fully saturated rings. The van der Waals surface area contributed by atoms with Gasteiger partial charge in [-0.05, 0) is 30.7 Å². The van der Waals surface area contributed by atoms with E-state index in [1.807, 2.05) is 30.0 Å². The Hall–Kier alpha value is -1.36. The van der Waals surface area contributed by atoms with Crippen LogP contribution in [0.25, 0.3) is 0 Å². The van der Waals surface area contributed by atoms with Crippen molar-refractivity contribution in [1.82, 2.24) is 5.32 Å². The summed E-state index contributed by atoms with van der Waals surface area (Å²) in [5.41, 5.74) is 1.54. The molecule has 1 aromatic rings. The lowest BCUT2D eigenvalue weighted by Crippen LogP contribution is -2.31. The van der Waals surface area contributed by atoms with Gasteiger partial charge in [-0.3, -0.25) is 4.79 Å². The molecular formula is C14H18N2O2S. The molecule has 1 unspecified atom stereocenters. The predicted molar refractivity (Wildman–Crippen MR) is 78.2 cm³/mol. The number of fused-ring (bicyclic) bond motifs is 1. The van der Waals surface area contributed by atoms with E-state index in [-0.39, 0.29) is 5.91 Å². The molecule has 1 aromatic carbocycles. The fraction of sp³-hybridized carbons (Fsp3) is 0.500. The molecule has 2 N–H and O–H groups in total. The zero-order chi connectivity index (χ0) is 13.1. The smallest absolute Gasteiger partial charge is 0.255 e. The van der Waals surface area contributed by atoms with Crippen LogP contribution in [-0.4, -0.2) is 36.6 Å². The van der Waals surface area contributed by atoms with E-state index in [0.29, 0.717) is 23.2 Å². The van der Waals surface area contributed by atoms with E-state index >= 15 is 0 Å². The summed E-state index contributed by atoms with van der Waals surface area (Å²) in [7, 11) is 0. The van der Waals surface area contributed by atoms with Crippen LogP contribution in [-0.2, 0) is 0 Å². The molecule has 0 bridgehead atoms. The molecule has 1 saturated heterocycles. The summed E-state index contributed by atoms with van der Waals surface area (Å²) in [5.74, 6) is 1.87. The summed E-state index contributed by atoms with van der Waals surface area (Å²) in [5, 5.41) is 6.84. The number of benzene rings is 1. The molecule has 0 aromatic heterocycles. The van der Waals surface area contributed by atoms with Gasteiger partial charge in [-0.1, -0.05) is 6.07 Å². The first-order chi connectivity index (χ1) is 9.34. The van der Waals surface area contributed by atoms with E-state index in [9.17, 15) is 4.79 Å². The molecule has 4 nitrogen and oxygen atoms in total. The lowest BCUT2D eigenvalue weighted by atomic mass is 10.1. The Morgan fingerprint density at radius 2 is 2.47 bits per heavy atom. The summed E-state index contributed by atoms with van der Waals surface area (Å²) in [4.78, 5) is 12.2. The molecule has 0 aliphatic carbocycles. The first-order valence-corrected chi connectivity index (χ1v) is 7.79. The highest BCUT2D eigenvalue weighted by molar-refractivity contribution is 8.00. The highest BCUT2D eigenvalue weighted by Gasteiger charge is 2.21. The summed E-state index contributed by atoms with van der Waals surface area (Å²) in [6.07, 6.45) is 2.47. The van der Waals surface area contributed by atoms with Crippen LogP contribution in [0.3, 0.4) is 0 Å². The van der Waals surface area contributed by atoms with Crippen LogP contribution in [0.5, 0.6) is 5.75 Å². The number of hydrogen-bond acceptors (Lipinski definition) is 4. The monoisotopic (exact) mass is 278 g/mol. The third-order valence-corrected chi connectivity index (χ3v) is 4.84. The van der Waals surface area contributed by atoms with E-state index in [4.69, 9.17) is 4.74 Å². The second-order valence-electron chi connectivity index (χ2n) is 4.80. The highest BCUT2D eigenvalue weighted by Crippen LogP contribution is 2.31. The Morgan fingerprint density at radius 3 is 3.32 bits per heavy atom. The van der Waals surface area contributed by atoms with Crippen LogP contribution in [0, 0.1) is 0 Å². The van der Waals surface area contributed by atoms with Crippen molar-refractivity contribution in [2.24, 2.45) is 0 Å². The van der Waals surface area contributed by atoms with Gasteiger partial charge in [0.25, 0.3) is 5.91 Å². The third-order valence-electron chi connectivity index (χ3n) is 3.44. The minimum absolute atomic E-state index is 0.0342. The second-order valence-corrected chi connectivity index (χ2v) is 6.21. The van der Waals surface area contributed by atoms with E-state index in [0.717, 1.165) is 18.8 Å². The number of thioether (sulfide) groups is 1. The molecule has 19 heavy (non-hydrogen) atoms. The maximum atomic E-state index is 12.2. The molecule has 2 aliphatic rings. The highest BCUT2D eigenvalue weighted by atomic mass is 32.2. The molecule has 1 atom stereocenters. The fourth-order valence-corrected chi connectivity index (χ4v) is 3.66. The quantitative estimate of drug-likeness (QED) is 0.889. The Morgan fingerprint density at radius 1 is 1.53 bits per heavy atom. The SMILES string of the molecule is O=C(NCC1CCCS1)c1cccc2c1OCCN2. The van der Waals surface area contributed by atoms with Gasteiger partial charge in [-0.15, -0.1) is 0 Å². The van der Waals surface area contributed by atoms with Crippen LogP contribution in [0.4, 0.5) is 5.69 Å². The maximum Gasteiger partial charge on any atom is 0.255 e. The van der Waals surface area contributed by atoms with Crippen molar-refractivity contribution in [3.63, 3.8) is 0 Å². The van der Waals surface area contributed by atoms with E-state index in [2.05, 4.69) is 10.6 Å². The zero-order valence-corrected chi connectivity index (χ0v) is 11.6. The van der Waals surface area contributed by atoms with Crippen LogP contribution in [0.15, 0.2) is 18.2 Å². The minimum atomic E-state index is -0.0342. The zero-order valence-electron chi connectivity index (χ0n) is 10.8. The molecule has 0 saturated carbocycles. The van der Waals surface area contributed by atoms with Crippen molar-refractivity contribution >= 4 is 23.4 Å². The van der Waals surface area contributed by atoms with Crippen molar-refractivity contribution in [1.29, 1.82) is 0 Å². The van der Waals surface area contributed by atoms with Gasteiger partial charge >= 0.3 is 0 Å². The number of carbonyl (C=O) groups is 1. The predicted octanol–water partition coefficient (Wildman–Crippen LogP) is 2.12. The van der Waals surface area contributed by atoms with Crippen molar-refractivity contribution in [2.75, 3.05) is 30.8 Å². The molecular weight excluding hydrogens is 260 g/mol. The Bertz CT molecular complexity index is 473. The van der Waals surface area contributed by atoms with Crippen molar-refractivity contribution < 1.29 is 9.53 Å². The van der Waals surface area contributed by atoms with Gasteiger partial charge in [0.2, 0.25) is 0 Å². The third kappa shape index (κ3) is 2.81. The summed E-state index contributed by atoms with van der Waals surface area (Å²) in [6, 6.07) is 5.65. The minimum Gasteiger partial charge on any atom is -0.489 e. The number of nitrogens with one attached hydrogen (secondary N) is 2. The van der Waals surface area contributed by atoms with Gasteiger partial charge in [0, 0.05) is 18.3 Å². The van der Waals surface area contributed by atoms with Crippen LogP contribution in [0.1, 0.15) is 23.2 Å². The summed E-state index contributed by atoms with van der Waals surface area (Å²) in [6.45, 7) is 2.15. The lowest BCUT2D eigenvalue weighted by Gasteiger charge is -2.21. The molecule has 2 aliphatic heterocycles. The van der Waals surface area contributed by atoms with E-state index in [1.54, 1.807) is 0 Å². The maximum absolute atomic E-state index is 12.2. The van der Waals surface area contributed by atoms with Gasteiger partial charge in [-0.25, -0.2) is 0 Å². The lowest BCUT2D eigenvalue weighted by molar-refractivity contribution is 0.0949. The molecule has 3 rings (SSSR count). The first kappa shape index (κ1) is 12.7. The van der Waals surface area contributed by atoms with E-state index in [1.165, 1.54) is 18.6 Å². The second kappa shape index (κ2) is 5.74. The summed E-state index contributed by atoms with van der Waals surface area (Å²) < 4.78 is 5.62. The molecule has 2 heterocycles. The topological polar surface area (TPSA) is 50.4 Å². The average molecular weight is 278 g/mol. The van der Waals surface area contributed by atoms with Crippen LogP contribution < -0.4 is 15.4 Å². The molecule has 0 spiro atoms. The largest absolute Gasteiger partial charge is 0.489 e. The Kier molecular flexibility index (Phi) is 3.82. The number of hydrogen-bond donors (Lipinski definition) is 2. The molecule has 5 heteroatoms. The van der Waals surface area contributed by atoms with Gasteiger partial charge in [0.05, 0.1) is 11.3 Å². The average Bonchev–Trinajstić information content (AvgIpc) is 2.97. The van der Waals surface area contributed by atoms with Gasteiger partial charge in [-0.2, -0.15) is 11.8 Å². The van der Waals surface area contributed by atoms with Crippen molar-refractivity contribution in [2.45, 2.75) is 18.1 Å². The molecule has 0 radical (unpaired) electrons. The van der Waals surface area contributed by atoms with Crippen molar-refractivity contribution in [3.8, 4) is 5.75 Å². The van der Waals surface area contributed by atoms with Gasteiger partial charge < -0.3 is 15.4 Å². The molecule has 1 amide bonds. The number of rotatable bonds is 3. The number of amides is 1. The Labute approximate surface area is 117 Å². The van der Waals surface area contributed by atoms with Gasteiger partial charge in [0.1, 0.15) is 6.61 Å². The van der Waals surface area contributed by atoms with Gasteiger partial charge in [0.15, 0.2) is 5.75 Å². The van der Waals surface area contributed by atoms with Crippen LogP contribution >= 0.6 is 11.8 Å². The Balaban J connectivity index is 1.68.